The Morgan fingerprint density at radius 3 is 1.68 bits per heavy atom. The Kier molecular flexibility index (Phi) is 23.1. The molecule has 0 aromatic heterocycles. The van der Waals surface area contributed by atoms with Gasteiger partial charge in [-0.25, -0.2) is 0 Å². The summed E-state index contributed by atoms with van der Waals surface area (Å²) in [5.74, 6) is -0.0797. The van der Waals surface area contributed by atoms with Gasteiger partial charge in [-0.15, -0.1) is 0 Å². The first-order valence-corrected chi connectivity index (χ1v) is 13.4. The number of unbranched alkanes of at least 4 members (excludes halogenated alkanes) is 16. The van der Waals surface area contributed by atoms with Crippen molar-refractivity contribution in [3.63, 3.8) is 0 Å². The van der Waals surface area contributed by atoms with Gasteiger partial charge in [0.15, 0.2) is 0 Å². The van der Waals surface area contributed by atoms with Crippen LogP contribution in [0.25, 0.3) is 0 Å². The van der Waals surface area contributed by atoms with E-state index < -0.39 is 12.1 Å². The molecule has 0 bridgehead atoms. The highest BCUT2D eigenvalue weighted by Crippen LogP contribution is 2.13. The lowest BCUT2D eigenvalue weighted by atomic mass is 10.0. The van der Waals surface area contributed by atoms with Crippen LogP contribution in [0, 0.1) is 0 Å². The predicted molar refractivity (Wildman–Crippen MR) is 133 cm³/mol. The van der Waals surface area contributed by atoms with Gasteiger partial charge in [-0.1, -0.05) is 122 Å². The monoisotopic (exact) mass is 439 g/mol. The second-order valence-corrected chi connectivity index (χ2v) is 9.12. The van der Waals surface area contributed by atoms with Crippen LogP contribution in [0.1, 0.15) is 136 Å². The number of aliphatic hydroxyl groups is 2. The van der Waals surface area contributed by atoms with E-state index in [0.29, 0.717) is 6.42 Å². The van der Waals surface area contributed by atoms with Crippen molar-refractivity contribution in [2.24, 2.45) is 0 Å². The zero-order valence-corrected chi connectivity index (χ0v) is 20.8. The van der Waals surface area contributed by atoms with E-state index in [9.17, 15) is 15.0 Å². The molecule has 1 amide bonds. The number of hydrogen-bond donors (Lipinski definition) is 3. The molecule has 0 aliphatic heterocycles. The highest BCUT2D eigenvalue weighted by atomic mass is 16.3. The van der Waals surface area contributed by atoms with E-state index >= 15 is 0 Å². The summed E-state index contributed by atoms with van der Waals surface area (Å²) in [6, 6.07) is -0.610. The molecule has 0 aliphatic rings. The number of carbonyl (C=O) groups is 1. The molecule has 0 aromatic rings. The zero-order chi connectivity index (χ0) is 23.0. The fourth-order valence-electron chi connectivity index (χ4n) is 3.88. The number of rotatable bonds is 23. The number of amides is 1. The summed E-state index contributed by atoms with van der Waals surface area (Å²) in [6.07, 6.45) is 25.8. The van der Waals surface area contributed by atoms with Crippen LogP contribution in [-0.2, 0) is 4.79 Å². The van der Waals surface area contributed by atoms with Crippen LogP contribution in [0.4, 0.5) is 0 Å². The third kappa shape index (κ3) is 20.8. The molecule has 2 atom stereocenters. The van der Waals surface area contributed by atoms with Gasteiger partial charge in [0.05, 0.1) is 18.8 Å². The van der Waals surface area contributed by atoms with Crippen molar-refractivity contribution in [1.82, 2.24) is 5.32 Å². The van der Waals surface area contributed by atoms with Crippen molar-refractivity contribution in [2.75, 3.05) is 6.61 Å². The van der Waals surface area contributed by atoms with Gasteiger partial charge in [0, 0.05) is 6.42 Å². The lowest BCUT2D eigenvalue weighted by Gasteiger charge is -2.20. The van der Waals surface area contributed by atoms with E-state index in [2.05, 4.69) is 19.2 Å². The molecule has 184 valence electrons. The van der Waals surface area contributed by atoms with E-state index in [-0.39, 0.29) is 12.5 Å². The third-order valence-corrected chi connectivity index (χ3v) is 6.02. The van der Waals surface area contributed by atoms with Gasteiger partial charge in [0.1, 0.15) is 0 Å². The summed E-state index contributed by atoms with van der Waals surface area (Å²) >= 11 is 0. The van der Waals surface area contributed by atoms with E-state index in [1.807, 2.05) is 6.08 Å². The zero-order valence-electron chi connectivity index (χ0n) is 20.8. The van der Waals surface area contributed by atoms with E-state index in [4.69, 9.17) is 0 Å². The molecular formula is C27H53NO3. The summed E-state index contributed by atoms with van der Waals surface area (Å²) in [5, 5.41) is 22.5. The molecule has 3 N–H and O–H groups in total. The van der Waals surface area contributed by atoms with Crippen molar-refractivity contribution in [1.29, 1.82) is 0 Å². The fraction of sp³-hybridized carbons (Fsp3) is 0.889. The van der Waals surface area contributed by atoms with Gasteiger partial charge < -0.3 is 15.5 Å². The summed E-state index contributed by atoms with van der Waals surface area (Å²) < 4.78 is 0. The van der Waals surface area contributed by atoms with E-state index in [1.165, 1.54) is 83.5 Å². The first kappa shape index (κ1) is 30.1. The largest absolute Gasteiger partial charge is 0.394 e. The standard InChI is InChI=1S/C27H53NO3/c1-3-5-7-9-10-11-12-13-14-15-16-17-19-20-22-26(30)25(24-29)28-27(31)23-21-18-8-6-4-2/h20,22,25-26,29-30H,3-19,21,23-24H2,1-2H3,(H,28,31)/t25-,26+/m1/s1. The number of nitrogens with one attached hydrogen (secondary N) is 1. The maximum absolute atomic E-state index is 12.0. The number of hydrogen-bond acceptors (Lipinski definition) is 3. The summed E-state index contributed by atoms with van der Waals surface area (Å²) in [4.78, 5) is 12.0. The Morgan fingerprint density at radius 2 is 1.19 bits per heavy atom. The van der Waals surface area contributed by atoms with Gasteiger partial charge in [0.2, 0.25) is 5.91 Å². The third-order valence-electron chi connectivity index (χ3n) is 6.02. The van der Waals surface area contributed by atoms with Crippen LogP contribution >= 0.6 is 0 Å². The predicted octanol–water partition coefficient (Wildman–Crippen LogP) is 6.83. The molecule has 0 rings (SSSR count). The molecule has 0 aromatic carbocycles. The molecule has 31 heavy (non-hydrogen) atoms. The summed E-state index contributed by atoms with van der Waals surface area (Å²) in [6.45, 7) is 4.19. The molecular weight excluding hydrogens is 386 g/mol. The lowest BCUT2D eigenvalue weighted by Crippen LogP contribution is -2.45. The van der Waals surface area contributed by atoms with Gasteiger partial charge >= 0.3 is 0 Å². The molecule has 0 saturated carbocycles. The van der Waals surface area contributed by atoms with E-state index in [1.54, 1.807) is 6.08 Å². The topological polar surface area (TPSA) is 69.6 Å². The minimum Gasteiger partial charge on any atom is -0.394 e. The van der Waals surface area contributed by atoms with Gasteiger partial charge in [-0.2, -0.15) is 0 Å². The molecule has 4 heteroatoms. The Labute approximate surface area is 193 Å². The minimum absolute atomic E-state index is 0.0797. The van der Waals surface area contributed by atoms with Gasteiger partial charge in [-0.05, 0) is 19.3 Å². The minimum atomic E-state index is -0.827. The Balaban J connectivity index is 3.66. The van der Waals surface area contributed by atoms with Gasteiger partial charge in [-0.3, -0.25) is 4.79 Å². The normalized spacial score (nSPS) is 13.5. The maximum atomic E-state index is 12.0. The van der Waals surface area contributed by atoms with Crippen LogP contribution in [0.5, 0.6) is 0 Å². The number of carbonyl (C=O) groups excluding carboxylic acids is 1. The van der Waals surface area contributed by atoms with Crippen molar-refractivity contribution in [2.45, 2.75) is 148 Å². The average molecular weight is 440 g/mol. The molecule has 0 saturated heterocycles. The smallest absolute Gasteiger partial charge is 0.220 e. The SMILES string of the molecule is CCCCCCCCCCCCCCC=C[C@H](O)[C@@H](CO)NC(=O)CCCCCCC. The van der Waals surface area contributed by atoms with Crippen molar-refractivity contribution >= 4 is 5.91 Å². The Hall–Kier alpha value is -0.870. The lowest BCUT2D eigenvalue weighted by molar-refractivity contribution is -0.123. The van der Waals surface area contributed by atoms with Gasteiger partial charge in [0.25, 0.3) is 0 Å². The van der Waals surface area contributed by atoms with Crippen molar-refractivity contribution in [3.8, 4) is 0 Å². The average Bonchev–Trinajstić information content (AvgIpc) is 2.77. The van der Waals surface area contributed by atoms with Crippen LogP contribution in [0.3, 0.4) is 0 Å². The van der Waals surface area contributed by atoms with E-state index in [0.717, 1.165) is 32.1 Å². The first-order valence-electron chi connectivity index (χ1n) is 13.4. The van der Waals surface area contributed by atoms with Crippen molar-refractivity contribution < 1.29 is 15.0 Å². The number of allylic oxidation sites excluding steroid dienone is 1. The molecule has 4 nitrogen and oxygen atoms in total. The summed E-state index contributed by atoms with van der Waals surface area (Å²) in [7, 11) is 0. The Morgan fingerprint density at radius 1 is 0.742 bits per heavy atom. The second kappa shape index (κ2) is 23.8. The highest BCUT2D eigenvalue weighted by Gasteiger charge is 2.17. The fourth-order valence-corrected chi connectivity index (χ4v) is 3.88. The molecule has 0 spiro atoms. The highest BCUT2D eigenvalue weighted by molar-refractivity contribution is 5.76. The molecule has 0 unspecified atom stereocenters. The molecule has 0 aliphatic carbocycles. The van der Waals surface area contributed by atoms with Crippen molar-refractivity contribution in [3.05, 3.63) is 12.2 Å². The van der Waals surface area contributed by atoms with Crippen LogP contribution in [-0.4, -0.2) is 34.9 Å². The summed E-state index contributed by atoms with van der Waals surface area (Å²) in [5.41, 5.74) is 0. The quantitative estimate of drug-likeness (QED) is 0.121. The van der Waals surface area contributed by atoms with Crippen LogP contribution in [0.2, 0.25) is 0 Å². The maximum Gasteiger partial charge on any atom is 0.220 e. The first-order chi connectivity index (χ1) is 15.2. The molecule has 0 fully saturated rings. The molecule has 0 radical (unpaired) electrons. The Bertz CT molecular complexity index is 411. The van der Waals surface area contributed by atoms with Crippen LogP contribution in [0.15, 0.2) is 12.2 Å². The second-order valence-electron chi connectivity index (χ2n) is 9.12. The number of aliphatic hydroxyl groups excluding tert-OH is 2. The van der Waals surface area contributed by atoms with Crippen LogP contribution < -0.4 is 5.32 Å². The molecule has 0 heterocycles.